The van der Waals surface area contributed by atoms with E-state index in [2.05, 4.69) is 4.72 Å². The summed E-state index contributed by atoms with van der Waals surface area (Å²) < 4.78 is 27.7. The molecule has 120 valence electrons. The number of hydrogen-bond donors (Lipinski definition) is 2. The van der Waals surface area contributed by atoms with Crippen molar-refractivity contribution in [2.45, 2.75) is 43.7 Å². The summed E-state index contributed by atoms with van der Waals surface area (Å²) in [6.45, 7) is 4.96. The number of sulfonamides is 1. The van der Waals surface area contributed by atoms with Gasteiger partial charge in [0, 0.05) is 18.6 Å². The van der Waals surface area contributed by atoms with Crippen LogP contribution in [-0.4, -0.2) is 39.5 Å². The molecular weight excluding hydrogens is 286 g/mol. The van der Waals surface area contributed by atoms with E-state index in [0.717, 1.165) is 12.1 Å². The maximum Gasteiger partial charge on any atom is 0.241 e. The highest BCUT2D eigenvalue weighted by Crippen LogP contribution is 2.19. The average molecular weight is 313 g/mol. The molecule has 1 aromatic rings. The van der Waals surface area contributed by atoms with Crippen LogP contribution in [0.2, 0.25) is 0 Å². The van der Waals surface area contributed by atoms with Gasteiger partial charge < -0.3 is 10.6 Å². The van der Waals surface area contributed by atoms with Crippen LogP contribution in [-0.2, 0) is 16.6 Å². The lowest BCUT2D eigenvalue weighted by molar-refractivity contribution is 0.363. The molecule has 3 N–H and O–H groups in total. The summed E-state index contributed by atoms with van der Waals surface area (Å²) in [5, 5.41) is 0. The molecule has 0 bridgehead atoms. The van der Waals surface area contributed by atoms with E-state index in [0.29, 0.717) is 12.8 Å². The van der Waals surface area contributed by atoms with Gasteiger partial charge in [0.25, 0.3) is 0 Å². The van der Waals surface area contributed by atoms with Crippen molar-refractivity contribution in [2.24, 2.45) is 5.73 Å². The highest BCUT2D eigenvalue weighted by atomic mass is 32.2. The third-order valence-electron chi connectivity index (χ3n) is 3.83. The van der Waals surface area contributed by atoms with E-state index in [-0.39, 0.29) is 11.4 Å². The van der Waals surface area contributed by atoms with E-state index in [1.165, 1.54) is 0 Å². The normalized spacial score (nSPS) is 12.9. The fourth-order valence-electron chi connectivity index (χ4n) is 2.21. The lowest BCUT2D eigenvalue weighted by Crippen LogP contribution is -2.52. The number of nitrogens with two attached hydrogens (primary N) is 1. The number of rotatable bonds is 8. The van der Waals surface area contributed by atoms with Gasteiger partial charge in [-0.05, 0) is 44.6 Å². The van der Waals surface area contributed by atoms with Crippen molar-refractivity contribution in [2.75, 3.05) is 20.6 Å². The van der Waals surface area contributed by atoms with Crippen molar-refractivity contribution in [1.82, 2.24) is 9.62 Å². The van der Waals surface area contributed by atoms with E-state index in [9.17, 15) is 8.42 Å². The van der Waals surface area contributed by atoms with Gasteiger partial charge in [-0.1, -0.05) is 26.0 Å². The minimum Gasteiger partial charge on any atom is -0.329 e. The Morgan fingerprint density at radius 3 is 2.05 bits per heavy atom. The molecule has 0 saturated carbocycles. The summed E-state index contributed by atoms with van der Waals surface area (Å²) in [5.41, 5.74) is 6.27. The largest absolute Gasteiger partial charge is 0.329 e. The molecule has 0 atom stereocenters. The van der Waals surface area contributed by atoms with Gasteiger partial charge in [-0.2, -0.15) is 0 Å². The standard InChI is InChI=1S/C15H27N3O2S/c1-5-15(6-2,12-16)17-21(19,20)14-9-7-13(8-10-14)11-18(3)4/h7-10,17H,5-6,11-12,16H2,1-4H3. The second-order valence-corrected chi connectivity index (χ2v) is 7.36. The Morgan fingerprint density at radius 1 is 1.14 bits per heavy atom. The number of nitrogens with one attached hydrogen (secondary N) is 1. The molecule has 0 heterocycles. The highest BCUT2D eigenvalue weighted by molar-refractivity contribution is 7.89. The summed E-state index contributed by atoms with van der Waals surface area (Å²) in [4.78, 5) is 2.32. The summed E-state index contributed by atoms with van der Waals surface area (Å²) >= 11 is 0. The summed E-state index contributed by atoms with van der Waals surface area (Å²) in [6.07, 6.45) is 1.33. The molecule has 0 amide bonds. The predicted octanol–water partition coefficient (Wildman–Crippen LogP) is 1.54. The van der Waals surface area contributed by atoms with Crippen molar-refractivity contribution in [3.8, 4) is 0 Å². The molecule has 5 nitrogen and oxygen atoms in total. The zero-order valence-electron chi connectivity index (χ0n) is 13.4. The SMILES string of the molecule is CCC(CC)(CN)NS(=O)(=O)c1ccc(CN(C)C)cc1. The Hall–Kier alpha value is -0.950. The van der Waals surface area contributed by atoms with Gasteiger partial charge in [0.2, 0.25) is 10.0 Å². The van der Waals surface area contributed by atoms with E-state index < -0.39 is 15.6 Å². The van der Waals surface area contributed by atoms with Crippen molar-refractivity contribution in [1.29, 1.82) is 0 Å². The van der Waals surface area contributed by atoms with Gasteiger partial charge in [-0.25, -0.2) is 13.1 Å². The molecule has 0 spiro atoms. The Morgan fingerprint density at radius 2 is 1.67 bits per heavy atom. The van der Waals surface area contributed by atoms with Crippen LogP contribution in [0, 0.1) is 0 Å². The van der Waals surface area contributed by atoms with Crippen molar-refractivity contribution >= 4 is 10.0 Å². The summed E-state index contributed by atoms with van der Waals surface area (Å²) in [5.74, 6) is 0. The molecule has 0 radical (unpaired) electrons. The molecule has 1 rings (SSSR count). The Labute approximate surface area is 128 Å². The van der Waals surface area contributed by atoms with Crippen molar-refractivity contribution in [3.63, 3.8) is 0 Å². The van der Waals surface area contributed by atoms with Crippen LogP contribution in [0.1, 0.15) is 32.3 Å². The van der Waals surface area contributed by atoms with Crippen LogP contribution < -0.4 is 10.5 Å². The zero-order chi connectivity index (χ0) is 16.1. The first-order valence-corrected chi connectivity index (χ1v) is 8.74. The monoisotopic (exact) mass is 313 g/mol. The van der Waals surface area contributed by atoms with Crippen molar-refractivity contribution < 1.29 is 8.42 Å². The maximum absolute atomic E-state index is 12.5. The fourth-order valence-corrected chi connectivity index (χ4v) is 3.76. The maximum atomic E-state index is 12.5. The minimum atomic E-state index is -3.54. The third kappa shape index (κ3) is 4.78. The number of hydrogen-bond acceptors (Lipinski definition) is 4. The van der Waals surface area contributed by atoms with E-state index >= 15 is 0 Å². The second-order valence-electron chi connectivity index (χ2n) is 5.68. The molecule has 0 aliphatic heterocycles. The smallest absolute Gasteiger partial charge is 0.241 e. The topological polar surface area (TPSA) is 75.4 Å². The molecule has 21 heavy (non-hydrogen) atoms. The van der Waals surface area contributed by atoms with Crippen LogP contribution >= 0.6 is 0 Å². The molecule has 0 aliphatic carbocycles. The number of benzene rings is 1. The Kier molecular flexibility index (Phi) is 6.34. The first-order valence-electron chi connectivity index (χ1n) is 7.26. The fraction of sp³-hybridized carbons (Fsp3) is 0.600. The Bertz CT molecular complexity index is 526. The minimum absolute atomic E-state index is 0.282. The van der Waals surface area contributed by atoms with Crippen LogP contribution in [0.3, 0.4) is 0 Å². The number of nitrogens with zero attached hydrogens (tertiary/aromatic N) is 1. The molecular formula is C15H27N3O2S. The molecule has 1 aromatic carbocycles. The Balaban J connectivity index is 2.97. The van der Waals surface area contributed by atoms with Crippen LogP contribution in [0.5, 0.6) is 0 Å². The van der Waals surface area contributed by atoms with Gasteiger partial charge in [0.1, 0.15) is 0 Å². The third-order valence-corrected chi connectivity index (χ3v) is 5.42. The van der Waals surface area contributed by atoms with Crippen LogP contribution in [0.25, 0.3) is 0 Å². The molecule has 0 aromatic heterocycles. The second kappa shape index (κ2) is 7.35. The van der Waals surface area contributed by atoms with E-state index in [1.807, 2.05) is 45.0 Å². The van der Waals surface area contributed by atoms with Gasteiger partial charge in [-0.3, -0.25) is 0 Å². The quantitative estimate of drug-likeness (QED) is 0.763. The first kappa shape index (κ1) is 18.1. The summed E-state index contributed by atoms with van der Waals surface area (Å²) in [7, 11) is 0.410. The van der Waals surface area contributed by atoms with Gasteiger partial charge in [-0.15, -0.1) is 0 Å². The van der Waals surface area contributed by atoms with Crippen LogP contribution in [0.15, 0.2) is 29.2 Å². The molecule has 6 heteroatoms. The van der Waals surface area contributed by atoms with Gasteiger partial charge >= 0.3 is 0 Å². The highest BCUT2D eigenvalue weighted by Gasteiger charge is 2.30. The zero-order valence-corrected chi connectivity index (χ0v) is 14.2. The van der Waals surface area contributed by atoms with E-state index in [1.54, 1.807) is 12.1 Å². The molecule has 0 fully saturated rings. The average Bonchev–Trinajstić information content (AvgIpc) is 2.45. The molecule has 0 saturated heterocycles. The van der Waals surface area contributed by atoms with Crippen molar-refractivity contribution in [3.05, 3.63) is 29.8 Å². The first-order chi connectivity index (χ1) is 9.78. The van der Waals surface area contributed by atoms with E-state index in [4.69, 9.17) is 5.73 Å². The lowest BCUT2D eigenvalue weighted by Gasteiger charge is -2.31. The molecule has 0 aliphatic rings. The summed E-state index contributed by atoms with van der Waals surface area (Å²) in [6, 6.07) is 6.98. The lowest BCUT2D eigenvalue weighted by atomic mass is 9.95. The predicted molar refractivity (Wildman–Crippen MR) is 86.5 cm³/mol. The van der Waals surface area contributed by atoms with Gasteiger partial charge in [0.15, 0.2) is 0 Å². The van der Waals surface area contributed by atoms with Crippen LogP contribution in [0.4, 0.5) is 0 Å². The molecule has 0 unspecified atom stereocenters. The van der Waals surface area contributed by atoms with Gasteiger partial charge in [0.05, 0.1) is 4.90 Å².